The van der Waals surface area contributed by atoms with Gasteiger partial charge in [-0.3, -0.25) is 0 Å². The van der Waals surface area contributed by atoms with Crippen LogP contribution in [0, 0.1) is 6.92 Å². The van der Waals surface area contributed by atoms with Crippen molar-refractivity contribution in [1.82, 2.24) is 4.90 Å². The molecule has 15 heavy (non-hydrogen) atoms. The summed E-state index contributed by atoms with van der Waals surface area (Å²) in [5, 5.41) is 9.23. The Bertz CT molecular complexity index is 312. The summed E-state index contributed by atoms with van der Waals surface area (Å²) in [5.41, 5.74) is 2.25. The average Bonchev–Trinajstić information content (AvgIpc) is 2.19. The van der Waals surface area contributed by atoms with Crippen LogP contribution in [0.15, 0.2) is 23.1 Å². The molecule has 1 aromatic carbocycles. The molecule has 0 aliphatic heterocycles. The predicted octanol–water partition coefficient (Wildman–Crippen LogP) is 2.14. The molecule has 84 valence electrons. The lowest BCUT2D eigenvalue weighted by Crippen LogP contribution is -2.14. The molecule has 0 bridgehead atoms. The number of aliphatic hydroxyl groups excluding tert-OH is 1. The lowest BCUT2D eigenvalue weighted by molar-refractivity contribution is 0.279. The van der Waals surface area contributed by atoms with Crippen molar-refractivity contribution in [2.45, 2.75) is 18.4 Å². The maximum atomic E-state index is 9.23. The van der Waals surface area contributed by atoms with E-state index in [1.165, 1.54) is 10.5 Å². The Balaban J connectivity index is 2.60. The van der Waals surface area contributed by atoms with Crippen molar-refractivity contribution in [3.8, 4) is 0 Å². The van der Waals surface area contributed by atoms with Crippen LogP contribution in [0.25, 0.3) is 0 Å². The number of thioether (sulfide) groups is 1. The van der Waals surface area contributed by atoms with Gasteiger partial charge >= 0.3 is 0 Å². The third-order valence-electron chi connectivity index (χ3n) is 2.18. The van der Waals surface area contributed by atoms with Crippen LogP contribution in [-0.2, 0) is 6.61 Å². The molecule has 0 radical (unpaired) electrons. The molecule has 0 fully saturated rings. The van der Waals surface area contributed by atoms with Gasteiger partial charge in [-0.05, 0) is 32.6 Å². The fraction of sp³-hybridized carbons (Fsp3) is 0.500. The van der Waals surface area contributed by atoms with Gasteiger partial charge < -0.3 is 10.0 Å². The first-order chi connectivity index (χ1) is 7.13. The molecule has 1 rings (SSSR count). The minimum Gasteiger partial charge on any atom is -0.392 e. The van der Waals surface area contributed by atoms with Gasteiger partial charge in [0.15, 0.2) is 0 Å². The second-order valence-electron chi connectivity index (χ2n) is 3.92. The van der Waals surface area contributed by atoms with E-state index < -0.39 is 0 Å². The van der Waals surface area contributed by atoms with E-state index in [0.29, 0.717) is 0 Å². The maximum Gasteiger partial charge on any atom is 0.0692 e. The van der Waals surface area contributed by atoms with E-state index in [-0.39, 0.29) is 6.61 Å². The van der Waals surface area contributed by atoms with E-state index >= 15 is 0 Å². The van der Waals surface area contributed by atoms with E-state index in [1.807, 2.05) is 6.92 Å². The van der Waals surface area contributed by atoms with Crippen LogP contribution in [0.5, 0.6) is 0 Å². The molecule has 1 N–H and O–H groups in total. The first kappa shape index (κ1) is 12.6. The van der Waals surface area contributed by atoms with Crippen LogP contribution in [0.4, 0.5) is 0 Å². The molecule has 0 aromatic heterocycles. The molecule has 0 spiro atoms. The summed E-state index contributed by atoms with van der Waals surface area (Å²) < 4.78 is 0. The van der Waals surface area contributed by atoms with Gasteiger partial charge in [-0.25, -0.2) is 0 Å². The lowest BCUT2D eigenvalue weighted by atomic mass is 10.1. The van der Waals surface area contributed by atoms with Gasteiger partial charge in [-0.2, -0.15) is 0 Å². The maximum absolute atomic E-state index is 9.23. The van der Waals surface area contributed by atoms with E-state index in [1.54, 1.807) is 11.8 Å². The summed E-state index contributed by atoms with van der Waals surface area (Å²) in [6.45, 7) is 3.24. The summed E-state index contributed by atoms with van der Waals surface area (Å²) >= 11 is 1.81. The third-order valence-corrected chi connectivity index (χ3v) is 3.28. The Morgan fingerprint density at radius 3 is 2.67 bits per heavy atom. The van der Waals surface area contributed by atoms with Gasteiger partial charge in [0.2, 0.25) is 0 Å². The highest BCUT2D eigenvalue weighted by Crippen LogP contribution is 2.23. The molecule has 0 heterocycles. The van der Waals surface area contributed by atoms with Gasteiger partial charge in [0.1, 0.15) is 0 Å². The molecule has 3 heteroatoms. The van der Waals surface area contributed by atoms with Crippen molar-refractivity contribution in [1.29, 1.82) is 0 Å². The minimum atomic E-state index is 0.131. The first-order valence-corrected chi connectivity index (χ1v) is 6.10. The molecule has 0 saturated heterocycles. The molecule has 0 unspecified atom stereocenters. The van der Waals surface area contributed by atoms with Crippen LogP contribution in [-0.4, -0.2) is 36.4 Å². The molecule has 0 atom stereocenters. The van der Waals surface area contributed by atoms with E-state index in [9.17, 15) is 5.11 Å². The Kier molecular flexibility index (Phi) is 5.15. The summed E-state index contributed by atoms with van der Waals surface area (Å²) in [7, 11) is 4.14. The van der Waals surface area contributed by atoms with Gasteiger partial charge in [-0.15, -0.1) is 11.8 Å². The van der Waals surface area contributed by atoms with Crippen LogP contribution >= 0.6 is 11.8 Å². The van der Waals surface area contributed by atoms with Gasteiger partial charge in [0, 0.05) is 17.2 Å². The van der Waals surface area contributed by atoms with Gasteiger partial charge in [0.05, 0.1) is 6.61 Å². The standard InChI is InChI=1S/C12H19NOS/c1-10-4-5-12(11(8-10)9-14)15-7-6-13(2)3/h4-5,8,14H,6-7,9H2,1-3H3. The first-order valence-electron chi connectivity index (χ1n) is 5.11. The van der Waals surface area contributed by atoms with Crippen molar-refractivity contribution in [3.63, 3.8) is 0 Å². The van der Waals surface area contributed by atoms with Crippen molar-refractivity contribution in [2.24, 2.45) is 0 Å². The number of nitrogens with zero attached hydrogens (tertiary/aromatic N) is 1. The Hall–Kier alpha value is -0.510. The molecule has 0 saturated carbocycles. The van der Waals surface area contributed by atoms with E-state index in [4.69, 9.17) is 0 Å². The monoisotopic (exact) mass is 225 g/mol. The Morgan fingerprint density at radius 1 is 1.33 bits per heavy atom. The summed E-state index contributed by atoms with van der Waals surface area (Å²) in [6, 6.07) is 6.25. The SMILES string of the molecule is Cc1ccc(SCCN(C)C)c(CO)c1. The predicted molar refractivity (Wildman–Crippen MR) is 66.4 cm³/mol. The number of rotatable bonds is 5. The van der Waals surface area contributed by atoms with E-state index in [2.05, 4.69) is 37.2 Å². The zero-order valence-corrected chi connectivity index (χ0v) is 10.5. The number of hydrogen-bond donors (Lipinski definition) is 1. The zero-order valence-electron chi connectivity index (χ0n) is 9.66. The molecule has 0 aliphatic carbocycles. The van der Waals surface area contributed by atoms with Crippen molar-refractivity contribution in [2.75, 3.05) is 26.4 Å². The second-order valence-corrected chi connectivity index (χ2v) is 5.06. The van der Waals surface area contributed by atoms with Crippen molar-refractivity contribution < 1.29 is 5.11 Å². The van der Waals surface area contributed by atoms with Crippen LogP contribution in [0.2, 0.25) is 0 Å². The Labute approximate surface area is 96.3 Å². The van der Waals surface area contributed by atoms with Gasteiger partial charge in [0.25, 0.3) is 0 Å². The fourth-order valence-corrected chi connectivity index (χ4v) is 2.46. The molecular weight excluding hydrogens is 206 g/mol. The minimum absolute atomic E-state index is 0.131. The number of hydrogen-bond acceptors (Lipinski definition) is 3. The normalized spacial score (nSPS) is 11.0. The molecule has 0 aliphatic rings. The highest BCUT2D eigenvalue weighted by Gasteiger charge is 2.02. The van der Waals surface area contributed by atoms with Crippen LogP contribution in [0.3, 0.4) is 0 Å². The van der Waals surface area contributed by atoms with E-state index in [0.717, 1.165) is 17.9 Å². The molecule has 0 amide bonds. The quantitative estimate of drug-likeness (QED) is 0.777. The van der Waals surface area contributed by atoms with Crippen LogP contribution < -0.4 is 0 Å². The van der Waals surface area contributed by atoms with Gasteiger partial charge in [-0.1, -0.05) is 17.7 Å². The second kappa shape index (κ2) is 6.16. The lowest BCUT2D eigenvalue weighted by Gasteiger charge is -2.11. The molecule has 1 aromatic rings. The molecule has 2 nitrogen and oxygen atoms in total. The third kappa shape index (κ3) is 4.24. The number of aryl methyl sites for hydroxylation is 1. The van der Waals surface area contributed by atoms with Crippen molar-refractivity contribution >= 4 is 11.8 Å². The zero-order chi connectivity index (χ0) is 11.3. The largest absolute Gasteiger partial charge is 0.392 e. The van der Waals surface area contributed by atoms with Crippen LogP contribution in [0.1, 0.15) is 11.1 Å². The van der Waals surface area contributed by atoms with Crippen molar-refractivity contribution in [3.05, 3.63) is 29.3 Å². The number of benzene rings is 1. The molecular formula is C12H19NOS. The smallest absolute Gasteiger partial charge is 0.0692 e. The number of aliphatic hydroxyl groups is 1. The fourth-order valence-electron chi connectivity index (χ4n) is 1.31. The highest BCUT2D eigenvalue weighted by atomic mass is 32.2. The summed E-state index contributed by atoms with van der Waals surface area (Å²) in [6.07, 6.45) is 0. The average molecular weight is 225 g/mol. The highest BCUT2D eigenvalue weighted by molar-refractivity contribution is 7.99. The Morgan fingerprint density at radius 2 is 2.07 bits per heavy atom. The summed E-state index contributed by atoms with van der Waals surface area (Å²) in [4.78, 5) is 3.37. The summed E-state index contributed by atoms with van der Waals surface area (Å²) in [5.74, 6) is 1.06. The topological polar surface area (TPSA) is 23.5 Å².